The summed E-state index contributed by atoms with van der Waals surface area (Å²) in [5.41, 5.74) is 1.96. The van der Waals surface area contributed by atoms with E-state index in [0.29, 0.717) is 31.0 Å². The van der Waals surface area contributed by atoms with Crippen LogP contribution in [0.15, 0.2) is 24.4 Å². The number of carbonyl (C=O) groups is 1. The van der Waals surface area contributed by atoms with Crippen LogP contribution in [0.4, 0.5) is 4.79 Å². The number of aromatic nitrogens is 5. The van der Waals surface area contributed by atoms with Crippen LogP contribution >= 0.6 is 0 Å². The number of fused-ring (bicyclic) bond motifs is 1. The summed E-state index contributed by atoms with van der Waals surface area (Å²) in [6.07, 6.45) is 2.86. The number of nitrogens with one attached hydrogen (secondary N) is 1. The quantitative estimate of drug-likeness (QED) is 0.564. The smallest absolute Gasteiger partial charge is 0.409 e. The fourth-order valence-corrected chi connectivity index (χ4v) is 2.31. The van der Waals surface area contributed by atoms with Gasteiger partial charge in [0.25, 0.3) is 0 Å². The number of aryl methyl sites for hydroxylation is 2. The zero-order chi connectivity index (χ0) is 16.2. The van der Waals surface area contributed by atoms with Gasteiger partial charge in [0.1, 0.15) is 5.75 Å². The summed E-state index contributed by atoms with van der Waals surface area (Å²) in [5.74, 6) is 1.14. The van der Waals surface area contributed by atoms with Gasteiger partial charge < -0.3 is 19.7 Å². The molecule has 1 N–H and O–H groups in total. The Morgan fingerprint density at radius 3 is 2.92 bits per heavy atom. The predicted octanol–water partition coefficient (Wildman–Crippen LogP) is -1.45. The van der Waals surface area contributed by atoms with Crippen molar-refractivity contribution in [1.82, 2.24) is 30.5 Å². The molecule has 3 aromatic rings. The van der Waals surface area contributed by atoms with Crippen molar-refractivity contribution in [2.24, 2.45) is 0 Å². The molecule has 0 aliphatic heterocycles. The van der Waals surface area contributed by atoms with E-state index in [2.05, 4.69) is 25.6 Å². The number of H-pyrrole nitrogens is 1. The molecular weight excluding hydrogens is 335 g/mol. The van der Waals surface area contributed by atoms with Gasteiger partial charge in [0, 0.05) is 36.5 Å². The van der Waals surface area contributed by atoms with Gasteiger partial charge in [0.15, 0.2) is 0 Å². The molecule has 0 aliphatic rings. The van der Waals surface area contributed by atoms with Crippen LogP contribution in [0.1, 0.15) is 18.3 Å². The van der Waals surface area contributed by atoms with E-state index in [0.717, 1.165) is 16.5 Å². The van der Waals surface area contributed by atoms with Gasteiger partial charge in [-0.25, -0.2) is 4.79 Å². The Kier molecular flexibility index (Phi) is 6.93. The number of amides is 1. The largest absolute Gasteiger partial charge is 1.00 e. The summed E-state index contributed by atoms with van der Waals surface area (Å²) >= 11 is 0. The second kappa shape index (κ2) is 8.72. The Balaban J connectivity index is 0.00000208. The van der Waals surface area contributed by atoms with Crippen LogP contribution in [0.2, 0.25) is 0 Å². The van der Waals surface area contributed by atoms with E-state index < -0.39 is 0 Å². The zero-order valence-corrected chi connectivity index (χ0v) is 17.1. The van der Waals surface area contributed by atoms with Crippen molar-refractivity contribution in [3.63, 3.8) is 0 Å². The van der Waals surface area contributed by atoms with Gasteiger partial charge >= 0.3 is 57.5 Å². The van der Waals surface area contributed by atoms with Gasteiger partial charge in [-0.2, -0.15) is 5.21 Å². The Labute approximate surface area is 181 Å². The van der Waals surface area contributed by atoms with Crippen molar-refractivity contribution in [3.05, 3.63) is 35.8 Å². The van der Waals surface area contributed by atoms with Crippen molar-refractivity contribution in [1.29, 1.82) is 0 Å². The summed E-state index contributed by atoms with van der Waals surface area (Å²) in [7, 11) is 1.70. The van der Waals surface area contributed by atoms with Gasteiger partial charge in [-0.05, 0) is 37.5 Å². The van der Waals surface area contributed by atoms with Gasteiger partial charge in [-0.1, -0.05) is 6.07 Å². The molecule has 1 aromatic carbocycles. The van der Waals surface area contributed by atoms with Crippen LogP contribution in [-0.2, 0) is 12.8 Å². The van der Waals surface area contributed by atoms with Crippen LogP contribution in [0.3, 0.4) is 0 Å². The van der Waals surface area contributed by atoms with Gasteiger partial charge in [0.2, 0.25) is 0 Å². The SMILES string of the molecule is CCN(C)C(=O)Oc1cccc2[nH]cc(CCc3nnn[n-]3)c12.[K+]. The number of ether oxygens (including phenoxy) is 1. The second-order valence-corrected chi connectivity index (χ2v) is 5.17. The molecule has 9 heteroatoms. The molecule has 0 saturated heterocycles. The third-order valence-corrected chi connectivity index (χ3v) is 3.71. The maximum absolute atomic E-state index is 12.0. The number of benzene rings is 1. The third-order valence-electron chi connectivity index (χ3n) is 3.71. The molecule has 1 amide bonds. The fraction of sp³-hybridized carbons (Fsp3) is 0.333. The molecule has 0 atom stereocenters. The summed E-state index contributed by atoms with van der Waals surface area (Å²) in [5, 5.41) is 15.5. The van der Waals surface area contributed by atoms with E-state index in [1.807, 2.05) is 25.3 Å². The van der Waals surface area contributed by atoms with E-state index in [9.17, 15) is 4.79 Å². The first-order chi connectivity index (χ1) is 11.2. The first kappa shape index (κ1) is 19.1. The van der Waals surface area contributed by atoms with E-state index in [1.54, 1.807) is 13.1 Å². The minimum absolute atomic E-state index is 0. The molecule has 2 heterocycles. The van der Waals surface area contributed by atoms with Crippen LogP contribution in [0, 0.1) is 0 Å². The Morgan fingerprint density at radius 1 is 1.38 bits per heavy atom. The summed E-state index contributed by atoms with van der Waals surface area (Å²) < 4.78 is 5.53. The molecular formula is C15H17KN6O2. The molecule has 0 unspecified atom stereocenters. The first-order valence-electron chi connectivity index (χ1n) is 7.38. The number of aromatic amines is 1. The monoisotopic (exact) mass is 352 g/mol. The Morgan fingerprint density at radius 2 is 2.21 bits per heavy atom. The molecule has 3 rings (SSSR count). The fourth-order valence-electron chi connectivity index (χ4n) is 2.31. The maximum atomic E-state index is 12.0. The van der Waals surface area contributed by atoms with E-state index >= 15 is 0 Å². The van der Waals surface area contributed by atoms with Crippen molar-refractivity contribution in [2.75, 3.05) is 13.6 Å². The molecule has 8 nitrogen and oxygen atoms in total. The third kappa shape index (κ3) is 4.22. The first-order valence-corrected chi connectivity index (χ1v) is 7.38. The topological polar surface area (TPSA) is 98.1 Å². The summed E-state index contributed by atoms with van der Waals surface area (Å²) in [6, 6.07) is 5.59. The van der Waals surface area contributed by atoms with E-state index in [-0.39, 0.29) is 57.5 Å². The van der Waals surface area contributed by atoms with Crippen molar-refractivity contribution in [3.8, 4) is 5.75 Å². The zero-order valence-electron chi connectivity index (χ0n) is 14.0. The molecule has 120 valence electrons. The number of tetrazole rings is 1. The minimum Gasteiger partial charge on any atom is -0.409 e. The van der Waals surface area contributed by atoms with Crippen LogP contribution in [0.5, 0.6) is 5.75 Å². The van der Waals surface area contributed by atoms with Crippen LogP contribution in [0.25, 0.3) is 10.9 Å². The number of hydrogen-bond acceptors (Lipinski definition) is 5. The number of nitrogens with zero attached hydrogens (tertiary/aromatic N) is 5. The van der Waals surface area contributed by atoms with Gasteiger partial charge in [-0.15, -0.1) is 0 Å². The summed E-state index contributed by atoms with van der Waals surface area (Å²) in [4.78, 5) is 16.7. The van der Waals surface area contributed by atoms with Crippen molar-refractivity contribution < 1.29 is 60.9 Å². The minimum atomic E-state index is -0.375. The number of rotatable bonds is 5. The summed E-state index contributed by atoms with van der Waals surface area (Å²) in [6.45, 7) is 2.48. The predicted molar refractivity (Wildman–Crippen MR) is 83.2 cm³/mol. The van der Waals surface area contributed by atoms with E-state index in [1.165, 1.54) is 4.90 Å². The Bertz CT molecular complexity index is 802. The molecule has 0 radical (unpaired) electrons. The standard InChI is InChI=1S/C15H17N6O2.K/c1-3-21(2)15(22)23-12-6-4-5-11-14(12)10(9-16-11)7-8-13-17-19-20-18-13;/h4-6,9,16H,3,7-8H2,1-2H3;/q-1;+1. The molecule has 0 spiro atoms. The van der Waals surface area contributed by atoms with Gasteiger partial charge in [-0.3, -0.25) is 10.3 Å². The number of carbonyl (C=O) groups excluding carboxylic acids is 1. The normalized spacial score (nSPS) is 10.4. The average molecular weight is 352 g/mol. The van der Waals surface area contributed by atoms with E-state index in [4.69, 9.17) is 4.74 Å². The van der Waals surface area contributed by atoms with Crippen LogP contribution < -0.4 is 61.2 Å². The molecule has 0 fully saturated rings. The van der Waals surface area contributed by atoms with Crippen molar-refractivity contribution in [2.45, 2.75) is 19.8 Å². The molecule has 0 bridgehead atoms. The van der Waals surface area contributed by atoms with Crippen LogP contribution in [-0.4, -0.2) is 45.1 Å². The molecule has 0 aliphatic carbocycles. The molecule has 0 saturated carbocycles. The maximum Gasteiger partial charge on any atom is 1.00 e. The Hall–Kier alpha value is -1.26. The molecule has 24 heavy (non-hydrogen) atoms. The second-order valence-electron chi connectivity index (χ2n) is 5.17. The van der Waals surface area contributed by atoms with Crippen molar-refractivity contribution >= 4 is 17.0 Å². The average Bonchev–Trinajstić information content (AvgIpc) is 3.22. The molecule has 2 aromatic heterocycles. The number of hydrogen-bond donors (Lipinski definition) is 1. The van der Waals surface area contributed by atoms with Gasteiger partial charge in [0.05, 0.1) is 0 Å².